The molecule has 1 aliphatic heterocycles. The van der Waals surface area contributed by atoms with Crippen molar-refractivity contribution >= 4 is 5.69 Å². The quantitative estimate of drug-likeness (QED) is 0.774. The van der Waals surface area contributed by atoms with Crippen molar-refractivity contribution in [2.24, 2.45) is 0 Å². The number of halogens is 1. The fourth-order valence-corrected chi connectivity index (χ4v) is 3.39. The van der Waals surface area contributed by atoms with E-state index in [9.17, 15) is 4.39 Å². The van der Waals surface area contributed by atoms with Gasteiger partial charge in [-0.1, -0.05) is 19.9 Å². The Morgan fingerprint density at radius 2 is 1.76 bits per heavy atom. The molecule has 0 aromatic heterocycles. The molecule has 0 aliphatic carbocycles. The van der Waals surface area contributed by atoms with Crippen LogP contribution in [0, 0.1) is 12.7 Å². The molecule has 0 radical (unpaired) electrons. The normalized spacial score (nSPS) is 16.7. The molecule has 0 saturated carbocycles. The van der Waals surface area contributed by atoms with Crippen molar-refractivity contribution in [2.75, 3.05) is 31.1 Å². The predicted octanol–water partition coefficient (Wildman–Crippen LogP) is 4.22. The third-order valence-corrected chi connectivity index (χ3v) is 4.45. The lowest BCUT2D eigenvalue weighted by Crippen LogP contribution is -2.45. The van der Waals surface area contributed by atoms with Crippen LogP contribution in [0.5, 0.6) is 0 Å². The summed E-state index contributed by atoms with van der Waals surface area (Å²) in [7, 11) is 0. The minimum Gasteiger partial charge on any atom is -0.369 e. The van der Waals surface area contributed by atoms with Crippen molar-refractivity contribution in [3.05, 3.63) is 29.6 Å². The Morgan fingerprint density at radius 1 is 1.14 bits per heavy atom. The Hall–Kier alpha value is -1.09. The number of piperidine rings is 1. The Balaban J connectivity index is 1.95. The molecule has 0 bridgehead atoms. The maximum atomic E-state index is 14.1. The molecule has 0 spiro atoms. The third kappa shape index (κ3) is 4.19. The van der Waals surface area contributed by atoms with Gasteiger partial charge in [0.25, 0.3) is 0 Å². The van der Waals surface area contributed by atoms with Gasteiger partial charge in [0.2, 0.25) is 0 Å². The van der Waals surface area contributed by atoms with Gasteiger partial charge in [-0.15, -0.1) is 0 Å². The molecule has 118 valence electrons. The molecule has 1 aliphatic rings. The first-order valence-electron chi connectivity index (χ1n) is 8.40. The third-order valence-electron chi connectivity index (χ3n) is 4.45. The van der Waals surface area contributed by atoms with Gasteiger partial charge in [-0.25, -0.2) is 4.39 Å². The van der Waals surface area contributed by atoms with Gasteiger partial charge in [0.15, 0.2) is 0 Å². The lowest BCUT2D eigenvalue weighted by atomic mass is 10.0. The standard InChI is InChI=1S/C18H29FN2/c1-4-10-20(11-5-2)16-8-12-21(13-9-16)18-7-6-15(3)14-17(18)19/h6-7,14,16H,4-5,8-13H2,1-3H3. The average molecular weight is 292 g/mol. The summed E-state index contributed by atoms with van der Waals surface area (Å²) >= 11 is 0. The molecule has 0 N–H and O–H groups in total. The molecular weight excluding hydrogens is 263 g/mol. The first-order chi connectivity index (χ1) is 10.2. The van der Waals surface area contributed by atoms with E-state index in [0.29, 0.717) is 6.04 Å². The highest BCUT2D eigenvalue weighted by atomic mass is 19.1. The second-order valence-corrected chi connectivity index (χ2v) is 6.21. The van der Waals surface area contributed by atoms with Crippen LogP contribution >= 0.6 is 0 Å². The maximum Gasteiger partial charge on any atom is 0.146 e. The van der Waals surface area contributed by atoms with Crippen LogP contribution in [0.2, 0.25) is 0 Å². The molecule has 3 heteroatoms. The van der Waals surface area contributed by atoms with Gasteiger partial charge in [-0.05, 0) is 63.4 Å². The van der Waals surface area contributed by atoms with Crippen LogP contribution in [0.1, 0.15) is 45.1 Å². The molecule has 2 rings (SSSR count). The van der Waals surface area contributed by atoms with Crippen LogP contribution in [0.25, 0.3) is 0 Å². The fourth-order valence-electron chi connectivity index (χ4n) is 3.39. The van der Waals surface area contributed by atoms with Crippen molar-refractivity contribution in [3.8, 4) is 0 Å². The minimum atomic E-state index is -0.0765. The summed E-state index contributed by atoms with van der Waals surface area (Å²) < 4.78 is 14.1. The molecule has 21 heavy (non-hydrogen) atoms. The fraction of sp³-hybridized carbons (Fsp3) is 0.667. The number of nitrogens with zero attached hydrogens (tertiary/aromatic N) is 2. The summed E-state index contributed by atoms with van der Waals surface area (Å²) in [5.41, 5.74) is 1.76. The Morgan fingerprint density at radius 3 is 2.29 bits per heavy atom. The van der Waals surface area contributed by atoms with Gasteiger partial charge in [0.05, 0.1) is 5.69 Å². The second-order valence-electron chi connectivity index (χ2n) is 6.21. The number of hydrogen-bond acceptors (Lipinski definition) is 2. The van der Waals surface area contributed by atoms with E-state index in [1.165, 1.54) is 25.9 Å². The summed E-state index contributed by atoms with van der Waals surface area (Å²) in [6, 6.07) is 6.25. The second kappa shape index (κ2) is 7.79. The Labute approximate surface area is 128 Å². The number of hydrogen-bond donors (Lipinski definition) is 0. The molecule has 0 unspecified atom stereocenters. The topological polar surface area (TPSA) is 6.48 Å². The first kappa shape index (κ1) is 16.3. The monoisotopic (exact) mass is 292 g/mol. The summed E-state index contributed by atoms with van der Waals surface area (Å²) in [5.74, 6) is -0.0765. The number of benzene rings is 1. The van der Waals surface area contributed by atoms with Crippen molar-refractivity contribution < 1.29 is 4.39 Å². The predicted molar refractivity (Wildman–Crippen MR) is 88.5 cm³/mol. The van der Waals surface area contributed by atoms with Crippen LogP contribution in [0.4, 0.5) is 10.1 Å². The van der Waals surface area contributed by atoms with Crippen LogP contribution in [0.3, 0.4) is 0 Å². The van der Waals surface area contributed by atoms with Crippen LogP contribution in [-0.4, -0.2) is 37.1 Å². The molecule has 1 heterocycles. The zero-order valence-corrected chi connectivity index (χ0v) is 13.7. The highest BCUT2D eigenvalue weighted by Gasteiger charge is 2.24. The zero-order valence-electron chi connectivity index (χ0n) is 13.7. The minimum absolute atomic E-state index is 0.0765. The van der Waals surface area contributed by atoms with E-state index >= 15 is 0 Å². The average Bonchev–Trinajstić information content (AvgIpc) is 2.47. The van der Waals surface area contributed by atoms with E-state index in [-0.39, 0.29) is 5.82 Å². The SMILES string of the molecule is CCCN(CCC)C1CCN(c2ccc(C)cc2F)CC1. The lowest BCUT2D eigenvalue weighted by Gasteiger charge is -2.39. The van der Waals surface area contributed by atoms with E-state index in [1.54, 1.807) is 6.07 Å². The molecule has 0 atom stereocenters. The number of aryl methyl sites for hydroxylation is 1. The van der Waals surface area contributed by atoms with Crippen molar-refractivity contribution in [1.82, 2.24) is 4.90 Å². The summed E-state index contributed by atoms with van der Waals surface area (Å²) in [6.45, 7) is 10.8. The van der Waals surface area contributed by atoms with E-state index in [2.05, 4.69) is 23.6 Å². The molecule has 0 amide bonds. The van der Waals surface area contributed by atoms with Gasteiger partial charge in [-0.2, -0.15) is 0 Å². The molecule has 2 nitrogen and oxygen atoms in total. The van der Waals surface area contributed by atoms with Crippen LogP contribution in [0.15, 0.2) is 18.2 Å². The Kier molecular flexibility index (Phi) is 6.04. The van der Waals surface area contributed by atoms with E-state index in [0.717, 1.165) is 37.2 Å². The largest absolute Gasteiger partial charge is 0.369 e. The van der Waals surface area contributed by atoms with E-state index < -0.39 is 0 Å². The van der Waals surface area contributed by atoms with Gasteiger partial charge in [-0.3, -0.25) is 0 Å². The van der Waals surface area contributed by atoms with Crippen LogP contribution < -0.4 is 4.90 Å². The smallest absolute Gasteiger partial charge is 0.146 e. The molecule has 1 saturated heterocycles. The van der Waals surface area contributed by atoms with Gasteiger partial charge in [0.1, 0.15) is 5.82 Å². The number of rotatable bonds is 6. The van der Waals surface area contributed by atoms with Crippen molar-refractivity contribution in [3.63, 3.8) is 0 Å². The highest BCUT2D eigenvalue weighted by molar-refractivity contribution is 5.49. The van der Waals surface area contributed by atoms with Gasteiger partial charge < -0.3 is 9.80 Å². The molecular formula is C18H29FN2. The van der Waals surface area contributed by atoms with E-state index in [4.69, 9.17) is 0 Å². The zero-order chi connectivity index (χ0) is 15.2. The summed E-state index contributed by atoms with van der Waals surface area (Å²) in [5, 5.41) is 0. The van der Waals surface area contributed by atoms with Gasteiger partial charge in [0, 0.05) is 19.1 Å². The summed E-state index contributed by atoms with van der Waals surface area (Å²) in [4.78, 5) is 4.84. The molecule has 1 aromatic rings. The maximum absolute atomic E-state index is 14.1. The van der Waals surface area contributed by atoms with Gasteiger partial charge >= 0.3 is 0 Å². The lowest BCUT2D eigenvalue weighted by molar-refractivity contribution is 0.169. The molecule has 1 aromatic carbocycles. The van der Waals surface area contributed by atoms with E-state index in [1.807, 2.05) is 19.1 Å². The first-order valence-corrected chi connectivity index (χ1v) is 8.40. The highest BCUT2D eigenvalue weighted by Crippen LogP contribution is 2.26. The van der Waals surface area contributed by atoms with Crippen molar-refractivity contribution in [2.45, 2.75) is 52.5 Å². The molecule has 1 fully saturated rings. The summed E-state index contributed by atoms with van der Waals surface area (Å²) in [6.07, 6.45) is 4.72. The van der Waals surface area contributed by atoms with Crippen molar-refractivity contribution in [1.29, 1.82) is 0 Å². The van der Waals surface area contributed by atoms with Crippen LogP contribution in [-0.2, 0) is 0 Å². The number of anilines is 1. The Bertz CT molecular complexity index is 433.